The summed E-state index contributed by atoms with van der Waals surface area (Å²) in [7, 11) is 0. The third kappa shape index (κ3) is 3.17. The predicted octanol–water partition coefficient (Wildman–Crippen LogP) is 4.96. The van der Waals surface area contributed by atoms with Gasteiger partial charge in [-0.1, -0.05) is 34.8 Å². The first-order chi connectivity index (χ1) is 8.22. The fourth-order valence-corrected chi connectivity index (χ4v) is 3.38. The Morgan fingerprint density at radius 2 is 2.18 bits per heavy atom. The Hall–Kier alpha value is -0.210. The molecule has 1 fully saturated rings. The molecule has 0 aromatic heterocycles. The predicted molar refractivity (Wildman–Crippen MR) is 79.0 cm³/mol. The van der Waals surface area contributed by atoms with Crippen molar-refractivity contribution in [3.05, 3.63) is 28.2 Å². The molecule has 0 bridgehead atoms. The molecule has 1 saturated heterocycles. The van der Waals surface area contributed by atoms with E-state index in [1.54, 1.807) is 0 Å². The molecule has 0 saturated carbocycles. The Morgan fingerprint density at radius 1 is 1.35 bits per heavy atom. The number of benzene rings is 1. The number of anilines is 1. The Labute approximate surface area is 117 Å². The molecule has 1 aromatic rings. The van der Waals surface area contributed by atoms with Gasteiger partial charge in [0.25, 0.3) is 0 Å². The number of nitrogens with zero attached hydrogens (tertiary/aromatic N) is 1. The minimum atomic E-state index is 0.566. The van der Waals surface area contributed by atoms with Gasteiger partial charge in [-0.2, -0.15) is 0 Å². The smallest absolute Gasteiger partial charge is 0.0485 e. The molecule has 2 rings (SSSR count). The van der Waals surface area contributed by atoms with Crippen LogP contribution in [0, 0.1) is 0 Å². The van der Waals surface area contributed by atoms with Crippen LogP contribution in [0.15, 0.2) is 22.7 Å². The monoisotopic (exact) mass is 315 g/mol. The summed E-state index contributed by atoms with van der Waals surface area (Å²) >= 11 is 9.48. The molecule has 1 unspecified atom stereocenters. The summed E-state index contributed by atoms with van der Waals surface area (Å²) in [6, 6.07) is 7.18. The van der Waals surface area contributed by atoms with Crippen LogP contribution in [0.5, 0.6) is 0 Å². The van der Waals surface area contributed by atoms with E-state index < -0.39 is 0 Å². The van der Waals surface area contributed by atoms with E-state index in [9.17, 15) is 0 Å². The SMILES string of the molecule is CC1CCCCCN1c1ccc(CCl)c(Br)c1. The van der Waals surface area contributed by atoms with Crippen LogP contribution in [0.4, 0.5) is 5.69 Å². The standard InChI is InChI=1S/C14H19BrClN/c1-11-5-3-2-4-8-17(11)13-7-6-12(10-16)14(15)9-13/h6-7,9,11H,2-5,8,10H2,1H3. The fraction of sp³-hybridized carbons (Fsp3) is 0.571. The largest absolute Gasteiger partial charge is 0.369 e. The first-order valence-electron chi connectivity index (χ1n) is 6.33. The summed E-state index contributed by atoms with van der Waals surface area (Å²) < 4.78 is 1.13. The number of alkyl halides is 1. The maximum absolute atomic E-state index is 5.88. The van der Waals surface area contributed by atoms with Gasteiger partial charge in [0.2, 0.25) is 0 Å². The minimum Gasteiger partial charge on any atom is -0.369 e. The topological polar surface area (TPSA) is 3.24 Å². The average Bonchev–Trinajstić information content (AvgIpc) is 2.54. The Bertz CT molecular complexity index is 380. The molecule has 1 aromatic carbocycles. The third-order valence-corrected chi connectivity index (χ3v) is 4.59. The van der Waals surface area contributed by atoms with E-state index in [0.29, 0.717) is 11.9 Å². The first kappa shape index (κ1) is 13.2. The number of halogens is 2. The van der Waals surface area contributed by atoms with Gasteiger partial charge in [-0.25, -0.2) is 0 Å². The lowest BCUT2D eigenvalue weighted by Gasteiger charge is -2.29. The highest BCUT2D eigenvalue weighted by atomic mass is 79.9. The number of hydrogen-bond acceptors (Lipinski definition) is 1. The zero-order valence-electron chi connectivity index (χ0n) is 10.3. The van der Waals surface area contributed by atoms with Crippen molar-refractivity contribution < 1.29 is 0 Å². The lowest BCUT2D eigenvalue weighted by atomic mass is 10.1. The van der Waals surface area contributed by atoms with Crippen molar-refractivity contribution in [3.63, 3.8) is 0 Å². The lowest BCUT2D eigenvalue weighted by Crippen LogP contribution is -2.32. The summed E-state index contributed by atoms with van der Waals surface area (Å²) in [4.78, 5) is 2.52. The van der Waals surface area contributed by atoms with Crippen LogP contribution in [0.1, 0.15) is 38.2 Å². The molecule has 94 valence electrons. The third-order valence-electron chi connectivity index (χ3n) is 3.57. The van der Waals surface area contributed by atoms with Crippen molar-refractivity contribution in [3.8, 4) is 0 Å². The number of rotatable bonds is 2. The van der Waals surface area contributed by atoms with E-state index in [0.717, 1.165) is 10.0 Å². The molecular formula is C14H19BrClN. The maximum atomic E-state index is 5.88. The summed E-state index contributed by atoms with van der Waals surface area (Å²) in [6.45, 7) is 3.50. The van der Waals surface area contributed by atoms with Gasteiger partial charge in [-0.05, 0) is 37.5 Å². The van der Waals surface area contributed by atoms with Crippen molar-refractivity contribution in [2.24, 2.45) is 0 Å². The zero-order valence-corrected chi connectivity index (χ0v) is 12.6. The summed E-state index contributed by atoms with van der Waals surface area (Å²) in [5.41, 5.74) is 2.48. The van der Waals surface area contributed by atoms with Gasteiger partial charge in [0.1, 0.15) is 0 Å². The second-order valence-corrected chi connectivity index (χ2v) is 5.92. The van der Waals surface area contributed by atoms with E-state index in [1.807, 2.05) is 0 Å². The highest BCUT2D eigenvalue weighted by molar-refractivity contribution is 9.10. The second-order valence-electron chi connectivity index (χ2n) is 4.80. The Kier molecular flexibility index (Phi) is 4.75. The molecule has 0 radical (unpaired) electrons. The highest BCUT2D eigenvalue weighted by Gasteiger charge is 2.17. The van der Waals surface area contributed by atoms with E-state index in [1.165, 1.54) is 37.9 Å². The lowest BCUT2D eigenvalue weighted by molar-refractivity contribution is 0.616. The van der Waals surface area contributed by atoms with Crippen LogP contribution in [-0.2, 0) is 5.88 Å². The van der Waals surface area contributed by atoms with Crippen LogP contribution >= 0.6 is 27.5 Å². The van der Waals surface area contributed by atoms with Crippen LogP contribution in [0.3, 0.4) is 0 Å². The molecule has 17 heavy (non-hydrogen) atoms. The summed E-state index contributed by atoms with van der Waals surface area (Å²) in [5, 5.41) is 0. The van der Waals surface area contributed by atoms with Crippen LogP contribution in [0.25, 0.3) is 0 Å². The maximum Gasteiger partial charge on any atom is 0.0485 e. The molecule has 0 N–H and O–H groups in total. The van der Waals surface area contributed by atoms with Gasteiger partial charge in [0.05, 0.1) is 0 Å². The molecule has 1 heterocycles. The van der Waals surface area contributed by atoms with Crippen molar-refractivity contribution in [1.29, 1.82) is 0 Å². The average molecular weight is 317 g/mol. The molecule has 1 aliphatic rings. The summed E-state index contributed by atoms with van der Waals surface area (Å²) in [6.07, 6.45) is 5.33. The molecule has 0 spiro atoms. The second kappa shape index (κ2) is 6.10. The normalized spacial score (nSPS) is 21.4. The van der Waals surface area contributed by atoms with Gasteiger partial charge in [-0.15, -0.1) is 11.6 Å². The van der Waals surface area contributed by atoms with Crippen molar-refractivity contribution in [2.45, 2.75) is 44.5 Å². The van der Waals surface area contributed by atoms with Crippen LogP contribution in [-0.4, -0.2) is 12.6 Å². The molecule has 1 atom stereocenters. The summed E-state index contributed by atoms with van der Waals surface area (Å²) in [5.74, 6) is 0.566. The van der Waals surface area contributed by atoms with Crippen molar-refractivity contribution in [1.82, 2.24) is 0 Å². The van der Waals surface area contributed by atoms with Gasteiger partial charge >= 0.3 is 0 Å². The molecule has 1 nitrogen and oxygen atoms in total. The molecular weight excluding hydrogens is 298 g/mol. The highest BCUT2D eigenvalue weighted by Crippen LogP contribution is 2.29. The van der Waals surface area contributed by atoms with E-state index in [4.69, 9.17) is 11.6 Å². The van der Waals surface area contributed by atoms with E-state index >= 15 is 0 Å². The van der Waals surface area contributed by atoms with Crippen LogP contribution < -0.4 is 4.90 Å². The van der Waals surface area contributed by atoms with Gasteiger partial charge in [-0.3, -0.25) is 0 Å². The minimum absolute atomic E-state index is 0.566. The zero-order chi connectivity index (χ0) is 12.3. The van der Waals surface area contributed by atoms with Gasteiger partial charge in [0.15, 0.2) is 0 Å². The van der Waals surface area contributed by atoms with Gasteiger partial charge < -0.3 is 4.90 Å². The quantitative estimate of drug-likeness (QED) is 0.697. The van der Waals surface area contributed by atoms with Crippen molar-refractivity contribution in [2.75, 3.05) is 11.4 Å². The Balaban J connectivity index is 2.22. The molecule has 1 aliphatic heterocycles. The van der Waals surface area contributed by atoms with E-state index in [-0.39, 0.29) is 0 Å². The van der Waals surface area contributed by atoms with Gasteiger partial charge in [0, 0.05) is 28.6 Å². The van der Waals surface area contributed by atoms with Crippen molar-refractivity contribution >= 4 is 33.2 Å². The Morgan fingerprint density at radius 3 is 2.88 bits per heavy atom. The first-order valence-corrected chi connectivity index (χ1v) is 7.66. The molecule has 3 heteroatoms. The van der Waals surface area contributed by atoms with E-state index in [2.05, 4.69) is 46.0 Å². The number of hydrogen-bond donors (Lipinski definition) is 0. The molecule has 0 amide bonds. The fourth-order valence-electron chi connectivity index (χ4n) is 2.48. The van der Waals surface area contributed by atoms with Crippen LogP contribution in [0.2, 0.25) is 0 Å². The molecule has 0 aliphatic carbocycles.